The van der Waals surface area contributed by atoms with Gasteiger partial charge in [0.05, 0.1) is 4.90 Å². The zero-order chi connectivity index (χ0) is 21.0. The molecule has 0 radical (unpaired) electrons. The number of aryl methyl sites for hydroxylation is 1. The van der Waals surface area contributed by atoms with E-state index in [0.29, 0.717) is 12.1 Å². The van der Waals surface area contributed by atoms with Crippen molar-refractivity contribution in [2.24, 2.45) is 4.99 Å². The maximum atomic E-state index is 12.1. The number of fused-ring (bicyclic) bond motifs is 1. The smallest absolute Gasteiger partial charge is 0.328 e. The van der Waals surface area contributed by atoms with E-state index in [-0.39, 0.29) is 10.7 Å². The Balaban J connectivity index is 1.53. The SMILES string of the molecule is Cc1ccc(CNC(=O)[C@@H](C)OC(=O)CN=C2NS(=O)(=O)c3ccccc32)cc1. The van der Waals surface area contributed by atoms with Gasteiger partial charge in [-0.1, -0.05) is 42.0 Å². The van der Waals surface area contributed by atoms with Gasteiger partial charge < -0.3 is 10.1 Å². The van der Waals surface area contributed by atoms with Crippen molar-refractivity contribution in [3.8, 4) is 0 Å². The van der Waals surface area contributed by atoms with E-state index in [1.54, 1.807) is 18.2 Å². The first kappa shape index (κ1) is 20.5. The molecule has 2 aromatic carbocycles. The maximum absolute atomic E-state index is 12.1. The molecular weight excluding hydrogens is 394 g/mol. The Morgan fingerprint density at radius 3 is 2.55 bits per heavy atom. The van der Waals surface area contributed by atoms with Crippen LogP contribution in [0.25, 0.3) is 0 Å². The number of aliphatic imine (C=N–C) groups is 1. The summed E-state index contributed by atoms with van der Waals surface area (Å²) in [7, 11) is -3.67. The lowest BCUT2D eigenvalue weighted by Gasteiger charge is -2.13. The van der Waals surface area contributed by atoms with Crippen molar-refractivity contribution in [3.05, 3.63) is 65.2 Å². The summed E-state index contributed by atoms with van der Waals surface area (Å²) in [6.07, 6.45) is -0.999. The molecule has 0 fully saturated rings. The summed E-state index contributed by atoms with van der Waals surface area (Å²) >= 11 is 0. The third-order valence-electron chi connectivity index (χ3n) is 4.29. The van der Waals surface area contributed by atoms with Crippen molar-refractivity contribution < 1.29 is 22.7 Å². The summed E-state index contributed by atoms with van der Waals surface area (Å²) in [5.41, 5.74) is 2.45. The number of carbonyl (C=O) groups is 2. The van der Waals surface area contributed by atoms with E-state index in [2.05, 4.69) is 15.0 Å². The first-order valence-corrected chi connectivity index (χ1v) is 10.4. The summed E-state index contributed by atoms with van der Waals surface area (Å²) in [4.78, 5) is 28.2. The zero-order valence-electron chi connectivity index (χ0n) is 16.0. The molecular formula is C20H21N3O5S. The number of benzene rings is 2. The topological polar surface area (TPSA) is 114 Å². The number of amidine groups is 1. The van der Waals surface area contributed by atoms with E-state index >= 15 is 0 Å². The Morgan fingerprint density at radius 2 is 1.83 bits per heavy atom. The van der Waals surface area contributed by atoms with Crippen LogP contribution in [0.15, 0.2) is 58.4 Å². The number of ether oxygens (including phenoxy) is 1. The molecule has 9 heteroatoms. The molecule has 0 unspecified atom stereocenters. The van der Waals surface area contributed by atoms with Crippen LogP contribution in [0.4, 0.5) is 0 Å². The molecule has 8 nitrogen and oxygen atoms in total. The van der Waals surface area contributed by atoms with Gasteiger partial charge in [0, 0.05) is 12.1 Å². The third-order valence-corrected chi connectivity index (χ3v) is 5.69. The second-order valence-electron chi connectivity index (χ2n) is 6.60. The molecule has 0 saturated heterocycles. The van der Waals surface area contributed by atoms with E-state index in [1.165, 1.54) is 13.0 Å². The van der Waals surface area contributed by atoms with Crippen molar-refractivity contribution in [2.75, 3.05) is 6.54 Å². The van der Waals surface area contributed by atoms with Crippen LogP contribution >= 0.6 is 0 Å². The molecule has 3 rings (SSSR count). The van der Waals surface area contributed by atoms with Crippen LogP contribution in [-0.2, 0) is 30.9 Å². The highest BCUT2D eigenvalue weighted by Crippen LogP contribution is 2.22. The first-order chi connectivity index (χ1) is 13.8. The average molecular weight is 415 g/mol. The van der Waals surface area contributed by atoms with Gasteiger partial charge in [-0.3, -0.25) is 19.3 Å². The summed E-state index contributed by atoms with van der Waals surface area (Å²) in [6, 6.07) is 14.0. The minimum absolute atomic E-state index is 0.0778. The second-order valence-corrected chi connectivity index (χ2v) is 8.25. The third kappa shape index (κ3) is 5.00. The van der Waals surface area contributed by atoms with E-state index in [1.807, 2.05) is 31.2 Å². The van der Waals surface area contributed by atoms with Crippen molar-refractivity contribution in [3.63, 3.8) is 0 Å². The largest absolute Gasteiger partial charge is 0.451 e. The van der Waals surface area contributed by atoms with E-state index < -0.39 is 34.5 Å². The molecule has 1 atom stereocenters. The van der Waals surface area contributed by atoms with Crippen LogP contribution in [0.1, 0.15) is 23.6 Å². The van der Waals surface area contributed by atoms with Gasteiger partial charge in [-0.25, -0.2) is 8.42 Å². The Bertz CT molecular complexity index is 1060. The van der Waals surface area contributed by atoms with Crippen LogP contribution < -0.4 is 10.0 Å². The van der Waals surface area contributed by atoms with Crippen LogP contribution in [0, 0.1) is 6.92 Å². The number of nitrogens with zero attached hydrogens (tertiary/aromatic N) is 1. The van der Waals surface area contributed by atoms with E-state index in [4.69, 9.17) is 4.74 Å². The summed E-state index contributed by atoms with van der Waals surface area (Å²) in [6.45, 7) is 3.34. The highest BCUT2D eigenvalue weighted by molar-refractivity contribution is 7.90. The van der Waals surface area contributed by atoms with Crippen LogP contribution in [0.5, 0.6) is 0 Å². The van der Waals surface area contributed by atoms with Gasteiger partial charge in [0.2, 0.25) is 0 Å². The minimum Gasteiger partial charge on any atom is -0.451 e. The summed E-state index contributed by atoms with van der Waals surface area (Å²) in [5, 5.41) is 2.70. The summed E-state index contributed by atoms with van der Waals surface area (Å²) < 4.78 is 31.4. The molecule has 2 aromatic rings. The monoisotopic (exact) mass is 415 g/mol. The van der Waals surface area contributed by atoms with Crippen molar-refractivity contribution >= 4 is 27.7 Å². The number of hydrogen-bond acceptors (Lipinski definition) is 6. The van der Waals surface area contributed by atoms with Crippen LogP contribution in [0.2, 0.25) is 0 Å². The van der Waals surface area contributed by atoms with Gasteiger partial charge in [-0.05, 0) is 31.5 Å². The Labute approximate surface area is 169 Å². The first-order valence-electron chi connectivity index (χ1n) is 8.95. The fraction of sp³-hybridized carbons (Fsp3) is 0.250. The van der Waals surface area contributed by atoms with Crippen LogP contribution in [0.3, 0.4) is 0 Å². The number of amides is 1. The lowest BCUT2D eigenvalue weighted by Crippen LogP contribution is -2.36. The second kappa shape index (κ2) is 8.44. The quantitative estimate of drug-likeness (QED) is 0.690. The van der Waals surface area contributed by atoms with Gasteiger partial charge in [0.1, 0.15) is 12.4 Å². The Hall–Kier alpha value is -3.20. The van der Waals surface area contributed by atoms with Gasteiger partial charge in [0.25, 0.3) is 15.9 Å². The normalized spacial score (nSPS) is 16.6. The average Bonchev–Trinajstić information content (AvgIpc) is 2.96. The molecule has 2 N–H and O–H groups in total. The highest BCUT2D eigenvalue weighted by Gasteiger charge is 2.30. The standard InChI is InChI=1S/C20H21N3O5S/c1-13-7-9-15(10-8-13)11-22-20(25)14(2)28-18(24)12-21-19-16-5-3-4-6-17(16)29(26,27)23-19/h3-10,14H,11-12H2,1-2H3,(H,21,23)(H,22,25)/t14-/m1/s1. The molecule has 1 aliphatic heterocycles. The molecule has 0 spiro atoms. The zero-order valence-corrected chi connectivity index (χ0v) is 16.8. The molecule has 1 amide bonds. The predicted octanol–water partition coefficient (Wildman–Crippen LogP) is 1.28. The fourth-order valence-electron chi connectivity index (χ4n) is 2.72. The molecule has 1 heterocycles. The van der Waals surface area contributed by atoms with E-state index in [0.717, 1.165) is 11.1 Å². The molecule has 0 saturated carbocycles. The Kier molecular flexibility index (Phi) is 5.97. The van der Waals surface area contributed by atoms with Gasteiger partial charge in [-0.2, -0.15) is 0 Å². The maximum Gasteiger partial charge on any atom is 0.328 e. The lowest BCUT2D eigenvalue weighted by molar-refractivity contribution is -0.153. The Morgan fingerprint density at radius 1 is 1.14 bits per heavy atom. The van der Waals surface area contributed by atoms with Crippen molar-refractivity contribution in [1.82, 2.24) is 10.0 Å². The lowest BCUT2D eigenvalue weighted by atomic mass is 10.1. The molecule has 152 valence electrons. The predicted molar refractivity (Wildman–Crippen MR) is 107 cm³/mol. The van der Waals surface area contributed by atoms with Gasteiger partial charge in [-0.15, -0.1) is 0 Å². The highest BCUT2D eigenvalue weighted by atomic mass is 32.2. The van der Waals surface area contributed by atoms with Crippen LogP contribution in [-0.4, -0.2) is 38.8 Å². The molecule has 1 aliphatic rings. The number of rotatable bonds is 6. The van der Waals surface area contributed by atoms with Crippen molar-refractivity contribution in [1.29, 1.82) is 0 Å². The molecule has 0 bridgehead atoms. The molecule has 0 aromatic heterocycles. The van der Waals surface area contributed by atoms with Crippen molar-refractivity contribution in [2.45, 2.75) is 31.4 Å². The fourth-order valence-corrected chi connectivity index (χ4v) is 3.97. The number of esters is 1. The molecule has 29 heavy (non-hydrogen) atoms. The number of nitrogens with one attached hydrogen (secondary N) is 2. The number of carbonyl (C=O) groups excluding carboxylic acids is 2. The molecule has 0 aliphatic carbocycles. The minimum atomic E-state index is -3.67. The number of sulfonamides is 1. The summed E-state index contributed by atoms with van der Waals surface area (Å²) in [5.74, 6) is -1.09. The van der Waals surface area contributed by atoms with Gasteiger partial charge in [0.15, 0.2) is 6.10 Å². The van der Waals surface area contributed by atoms with E-state index in [9.17, 15) is 18.0 Å². The number of hydrogen-bond donors (Lipinski definition) is 2. The van der Waals surface area contributed by atoms with Gasteiger partial charge >= 0.3 is 5.97 Å².